The SMILES string of the molecule is CN(C)c1ccc(N=O)cc1.Nc1ccccc1. The van der Waals surface area contributed by atoms with Gasteiger partial charge in [0.05, 0.1) is 0 Å². The summed E-state index contributed by atoms with van der Waals surface area (Å²) in [6.45, 7) is 0. The Balaban J connectivity index is 0.000000199. The molecule has 0 aromatic heterocycles. The second-order valence-corrected chi connectivity index (χ2v) is 3.91. The largest absolute Gasteiger partial charge is 0.399 e. The molecule has 4 heteroatoms. The Morgan fingerprint density at radius 2 is 1.50 bits per heavy atom. The summed E-state index contributed by atoms with van der Waals surface area (Å²) in [4.78, 5) is 12.0. The molecule has 0 aliphatic rings. The summed E-state index contributed by atoms with van der Waals surface area (Å²) >= 11 is 0. The fraction of sp³-hybridized carbons (Fsp3) is 0.143. The van der Waals surface area contributed by atoms with E-state index in [1.165, 1.54) is 0 Å². The van der Waals surface area contributed by atoms with Gasteiger partial charge in [-0.15, -0.1) is 4.91 Å². The fourth-order valence-corrected chi connectivity index (χ4v) is 1.26. The van der Waals surface area contributed by atoms with E-state index in [9.17, 15) is 4.91 Å². The zero-order valence-corrected chi connectivity index (χ0v) is 10.6. The minimum Gasteiger partial charge on any atom is -0.399 e. The number of para-hydroxylation sites is 1. The van der Waals surface area contributed by atoms with Crippen LogP contribution >= 0.6 is 0 Å². The van der Waals surface area contributed by atoms with Crippen LogP contribution in [0.2, 0.25) is 0 Å². The topological polar surface area (TPSA) is 58.7 Å². The van der Waals surface area contributed by atoms with Crippen LogP contribution in [0.5, 0.6) is 0 Å². The molecule has 2 rings (SSSR count). The maximum absolute atomic E-state index is 10.0. The van der Waals surface area contributed by atoms with Crippen LogP contribution in [0.3, 0.4) is 0 Å². The van der Waals surface area contributed by atoms with E-state index in [1.807, 2.05) is 61.5 Å². The Labute approximate surface area is 107 Å². The number of benzene rings is 2. The van der Waals surface area contributed by atoms with Crippen LogP contribution in [0.1, 0.15) is 0 Å². The smallest absolute Gasteiger partial charge is 0.108 e. The van der Waals surface area contributed by atoms with Crippen molar-refractivity contribution >= 4 is 17.1 Å². The summed E-state index contributed by atoms with van der Waals surface area (Å²) in [5, 5.41) is 2.80. The van der Waals surface area contributed by atoms with Crippen molar-refractivity contribution in [2.75, 3.05) is 24.7 Å². The molecule has 2 N–H and O–H groups in total. The highest BCUT2D eigenvalue weighted by molar-refractivity contribution is 5.51. The first kappa shape index (κ1) is 13.7. The molecule has 2 aromatic carbocycles. The normalized spacial score (nSPS) is 9.00. The van der Waals surface area contributed by atoms with Crippen LogP contribution in [0.4, 0.5) is 17.1 Å². The minimum atomic E-state index is 0.468. The van der Waals surface area contributed by atoms with Crippen molar-refractivity contribution < 1.29 is 0 Å². The van der Waals surface area contributed by atoms with Crippen molar-refractivity contribution in [3.8, 4) is 0 Å². The highest BCUT2D eigenvalue weighted by Crippen LogP contribution is 2.17. The van der Waals surface area contributed by atoms with E-state index in [0.29, 0.717) is 5.69 Å². The lowest BCUT2D eigenvalue weighted by molar-refractivity contribution is 1.13. The molecule has 94 valence electrons. The van der Waals surface area contributed by atoms with Crippen molar-refractivity contribution in [3.05, 3.63) is 59.5 Å². The lowest BCUT2D eigenvalue weighted by Gasteiger charge is -2.10. The standard InChI is InChI=1S/C8H10N2O.C6H7N/c1-10(2)8-5-3-7(9-11)4-6-8;7-6-4-2-1-3-5-6/h3-6H,1-2H3;1-5H,7H2. The highest BCUT2D eigenvalue weighted by atomic mass is 16.3. The molecule has 0 aliphatic heterocycles. The van der Waals surface area contributed by atoms with Crippen LogP contribution in [0, 0.1) is 4.91 Å². The molecule has 0 saturated heterocycles. The zero-order valence-electron chi connectivity index (χ0n) is 10.6. The van der Waals surface area contributed by atoms with Gasteiger partial charge in [0.15, 0.2) is 0 Å². The molecule has 0 heterocycles. The average Bonchev–Trinajstić information content (AvgIpc) is 2.40. The molecule has 0 fully saturated rings. The lowest BCUT2D eigenvalue weighted by Crippen LogP contribution is -2.07. The summed E-state index contributed by atoms with van der Waals surface area (Å²) in [7, 11) is 3.90. The van der Waals surface area contributed by atoms with E-state index in [-0.39, 0.29) is 0 Å². The van der Waals surface area contributed by atoms with Gasteiger partial charge in [-0.1, -0.05) is 18.2 Å². The van der Waals surface area contributed by atoms with Gasteiger partial charge in [0, 0.05) is 25.5 Å². The number of nitrogens with zero attached hydrogens (tertiary/aromatic N) is 2. The van der Waals surface area contributed by atoms with Gasteiger partial charge in [0.2, 0.25) is 0 Å². The molecule has 0 unspecified atom stereocenters. The van der Waals surface area contributed by atoms with Gasteiger partial charge < -0.3 is 10.6 Å². The van der Waals surface area contributed by atoms with E-state index in [1.54, 1.807) is 12.1 Å². The number of nitroso groups, excluding NO2 is 1. The Hall–Kier alpha value is -2.36. The number of nitrogens with two attached hydrogens (primary N) is 1. The van der Waals surface area contributed by atoms with Gasteiger partial charge in [0.1, 0.15) is 5.69 Å². The van der Waals surface area contributed by atoms with Crippen LogP contribution in [0.25, 0.3) is 0 Å². The van der Waals surface area contributed by atoms with E-state index < -0.39 is 0 Å². The molecule has 0 spiro atoms. The molecule has 0 amide bonds. The van der Waals surface area contributed by atoms with Gasteiger partial charge in [-0.3, -0.25) is 0 Å². The van der Waals surface area contributed by atoms with Crippen LogP contribution in [-0.2, 0) is 0 Å². The first-order valence-corrected chi connectivity index (χ1v) is 5.54. The van der Waals surface area contributed by atoms with E-state index >= 15 is 0 Å². The van der Waals surface area contributed by atoms with E-state index in [0.717, 1.165) is 11.4 Å². The van der Waals surface area contributed by atoms with Gasteiger partial charge in [-0.2, -0.15) is 0 Å². The van der Waals surface area contributed by atoms with Gasteiger partial charge in [-0.25, -0.2) is 0 Å². The second-order valence-electron chi connectivity index (χ2n) is 3.91. The number of anilines is 2. The quantitative estimate of drug-likeness (QED) is 0.649. The third-order valence-electron chi connectivity index (χ3n) is 2.27. The monoisotopic (exact) mass is 243 g/mol. The van der Waals surface area contributed by atoms with Gasteiger partial charge >= 0.3 is 0 Å². The summed E-state index contributed by atoms with van der Waals surface area (Å²) in [6.07, 6.45) is 0. The van der Waals surface area contributed by atoms with Crippen LogP contribution < -0.4 is 10.6 Å². The molecule has 0 saturated carbocycles. The predicted molar refractivity (Wildman–Crippen MR) is 77.1 cm³/mol. The third-order valence-corrected chi connectivity index (χ3v) is 2.27. The van der Waals surface area contributed by atoms with Gasteiger partial charge in [0.25, 0.3) is 0 Å². The van der Waals surface area contributed by atoms with Crippen molar-refractivity contribution in [1.29, 1.82) is 0 Å². The van der Waals surface area contributed by atoms with E-state index in [4.69, 9.17) is 5.73 Å². The molecule has 18 heavy (non-hydrogen) atoms. The molecule has 0 radical (unpaired) electrons. The molecule has 2 aromatic rings. The Morgan fingerprint density at radius 3 is 1.83 bits per heavy atom. The Morgan fingerprint density at radius 1 is 0.944 bits per heavy atom. The summed E-state index contributed by atoms with van der Waals surface area (Å²) in [6, 6.07) is 16.6. The summed E-state index contributed by atoms with van der Waals surface area (Å²) < 4.78 is 0. The fourth-order valence-electron chi connectivity index (χ4n) is 1.26. The third kappa shape index (κ3) is 4.65. The van der Waals surface area contributed by atoms with Crippen molar-refractivity contribution in [2.45, 2.75) is 0 Å². The molecule has 0 atom stereocenters. The number of rotatable bonds is 2. The zero-order chi connectivity index (χ0) is 13.4. The summed E-state index contributed by atoms with van der Waals surface area (Å²) in [5.41, 5.74) is 7.71. The number of hydrogen-bond donors (Lipinski definition) is 1. The van der Waals surface area contributed by atoms with Crippen molar-refractivity contribution in [2.24, 2.45) is 5.18 Å². The Kier molecular flexibility index (Phi) is 5.38. The van der Waals surface area contributed by atoms with Crippen LogP contribution in [0.15, 0.2) is 59.8 Å². The lowest BCUT2D eigenvalue weighted by atomic mass is 10.3. The number of hydrogen-bond acceptors (Lipinski definition) is 4. The predicted octanol–water partition coefficient (Wildman–Crippen LogP) is 3.42. The average molecular weight is 243 g/mol. The summed E-state index contributed by atoms with van der Waals surface area (Å²) in [5.74, 6) is 0. The van der Waals surface area contributed by atoms with Gasteiger partial charge in [-0.05, 0) is 41.6 Å². The molecule has 0 bridgehead atoms. The molecule has 4 nitrogen and oxygen atoms in total. The van der Waals surface area contributed by atoms with Crippen LogP contribution in [-0.4, -0.2) is 14.1 Å². The van der Waals surface area contributed by atoms with Crippen molar-refractivity contribution in [1.82, 2.24) is 0 Å². The number of nitrogen functional groups attached to an aromatic ring is 1. The maximum atomic E-state index is 10.0. The maximum Gasteiger partial charge on any atom is 0.108 e. The first-order chi connectivity index (χ1) is 8.63. The molecular weight excluding hydrogens is 226 g/mol. The molecule has 0 aliphatic carbocycles. The minimum absolute atomic E-state index is 0.468. The first-order valence-electron chi connectivity index (χ1n) is 5.54. The Bertz CT molecular complexity index is 466. The second kappa shape index (κ2) is 7.06. The highest BCUT2D eigenvalue weighted by Gasteiger charge is 1.94. The molecular formula is C14H17N3O. The van der Waals surface area contributed by atoms with E-state index in [2.05, 4.69) is 5.18 Å². The van der Waals surface area contributed by atoms with Crippen molar-refractivity contribution in [3.63, 3.8) is 0 Å².